The zero-order chi connectivity index (χ0) is 14.4. The average Bonchev–Trinajstić information content (AvgIpc) is 2.34. The molecule has 0 aromatic heterocycles. The number of hydrogen-bond acceptors (Lipinski definition) is 5. The molecule has 0 saturated heterocycles. The van der Waals surface area contributed by atoms with Gasteiger partial charge in [0.1, 0.15) is 5.69 Å². The van der Waals surface area contributed by atoms with Crippen LogP contribution in [-0.2, 0) is 0 Å². The van der Waals surface area contributed by atoms with E-state index in [0.29, 0.717) is 12.2 Å². The molecule has 112 valence electrons. The molecule has 0 bridgehead atoms. The minimum absolute atomic E-state index is 0. The van der Waals surface area contributed by atoms with Gasteiger partial charge in [-0.05, 0) is 39.2 Å². The van der Waals surface area contributed by atoms with Crippen molar-refractivity contribution in [2.24, 2.45) is 0 Å². The fourth-order valence-electron chi connectivity index (χ4n) is 1.58. The molecule has 20 heavy (non-hydrogen) atoms. The van der Waals surface area contributed by atoms with E-state index >= 15 is 0 Å². The first-order valence-corrected chi connectivity index (χ1v) is 5.82. The number of nitro groups is 1. The Morgan fingerprint density at radius 3 is 2.60 bits per heavy atom. The predicted molar refractivity (Wildman–Crippen MR) is 79.0 cm³/mol. The Morgan fingerprint density at radius 2 is 2.10 bits per heavy atom. The third-order valence-corrected chi connectivity index (χ3v) is 2.54. The van der Waals surface area contributed by atoms with Crippen LogP contribution in [0.15, 0.2) is 18.2 Å². The highest BCUT2D eigenvalue weighted by Crippen LogP contribution is 2.25. The van der Waals surface area contributed by atoms with E-state index in [0.717, 1.165) is 19.0 Å². The second-order valence-corrected chi connectivity index (χ2v) is 4.38. The molecule has 0 atom stereocenters. The summed E-state index contributed by atoms with van der Waals surface area (Å²) in [6.45, 7) is 1.46. The Morgan fingerprint density at radius 1 is 1.45 bits per heavy atom. The summed E-state index contributed by atoms with van der Waals surface area (Å²) >= 11 is 0. The van der Waals surface area contributed by atoms with Gasteiger partial charge in [0.05, 0.1) is 10.5 Å². The van der Waals surface area contributed by atoms with Crippen LogP contribution in [0.3, 0.4) is 0 Å². The van der Waals surface area contributed by atoms with Crippen LogP contribution in [0.5, 0.6) is 0 Å². The molecule has 0 spiro atoms. The van der Waals surface area contributed by atoms with Crippen LogP contribution >= 0.6 is 12.4 Å². The standard InChI is InChI=1S/C12H17N3O4.ClH/c1-14(2)7-3-6-13-10-5-4-9(12(16)17)8-11(10)15(18)19;/h4-5,8,13H,3,6-7H2,1-2H3,(H,16,17);1H. The van der Waals surface area contributed by atoms with Gasteiger partial charge in [-0.15, -0.1) is 12.4 Å². The number of anilines is 1. The summed E-state index contributed by atoms with van der Waals surface area (Å²) in [5, 5.41) is 22.7. The molecular formula is C12H18ClN3O4. The number of aromatic carboxylic acids is 1. The van der Waals surface area contributed by atoms with E-state index in [1.807, 2.05) is 19.0 Å². The van der Waals surface area contributed by atoms with Gasteiger partial charge >= 0.3 is 5.97 Å². The second kappa shape index (κ2) is 8.34. The Balaban J connectivity index is 0.00000361. The highest BCUT2D eigenvalue weighted by molar-refractivity contribution is 5.89. The first kappa shape index (κ1) is 18.1. The van der Waals surface area contributed by atoms with E-state index < -0.39 is 10.9 Å². The fourth-order valence-corrected chi connectivity index (χ4v) is 1.58. The van der Waals surface area contributed by atoms with Crippen molar-refractivity contribution in [1.29, 1.82) is 0 Å². The third-order valence-electron chi connectivity index (χ3n) is 2.54. The molecule has 0 aliphatic rings. The SMILES string of the molecule is CN(C)CCCNc1ccc(C(=O)O)cc1[N+](=O)[O-].Cl. The molecule has 0 aliphatic carbocycles. The second-order valence-electron chi connectivity index (χ2n) is 4.38. The molecule has 0 fully saturated rings. The fraction of sp³-hybridized carbons (Fsp3) is 0.417. The van der Waals surface area contributed by atoms with Gasteiger partial charge in [-0.1, -0.05) is 0 Å². The molecule has 0 radical (unpaired) electrons. The van der Waals surface area contributed by atoms with Crippen LogP contribution < -0.4 is 5.32 Å². The summed E-state index contributed by atoms with van der Waals surface area (Å²) in [6, 6.07) is 3.84. The smallest absolute Gasteiger partial charge is 0.335 e. The zero-order valence-electron chi connectivity index (χ0n) is 11.3. The Labute approximate surface area is 123 Å². The normalized spacial score (nSPS) is 9.95. The van der Waals surface area contributed by atoms with Gasteiger partial charge in [0, 0.05) is 12.6 Å². The van der Waals surface area contributed by atoms with Crippen LogP contribution in [-0.4, -0.2) is 48.1 Å². The van der Waals surface area contributed by atoms with E-state index in [1.54, 1.807) is 0 Å². The van der Waals surface area contributed by atoms with E-state index in [-0.39, 0.29) is 23.7 Å². The van der Waals surface area contributed by atoms with Crippen molar-refractivity contribution in [1.82, 2.24) is 4.90 Å². The number of halogens is 1. The van der Waals surface area contributed by atoms with Gasteiger partial charge in [-0.2, -0.15) is 0 Å². The van der Waals surface area contributed by atoms with Gasteiger partial charge in [0.25, 0.3) is 5.69 Å². The van der Waals surface area contributed by atoms with E-state index in [4.69, 9.17) is 5.11 Å². The monoisotopic (exact) mass is 303 g/mol. The van der Waals surface area contributed by atoms with Crippen molar-refractivity contribution in [2.45, 2.75) is 6.42 Å². The summed E-state index contributed by atoms with van der Waals surface area (Å²) in [4.78, 5) is 23.1. The maximum absolute atomic E-state index is 10.9. The molecule has 2 N–H and O–H groups in total. The lowest BCUT2D eigenvalue weighted by Crippen LogP contribution is -2.16. The van der Waals surface area contributed by atoms with Gasteiger partial charge in [0.15, 0.2) is 0 Å². The van der Waals surface area contributed by atoms with Crippen molar-refractivity contribution in [3.63, 3.8) is 0 Å². The van der Waals surface area contributed by atoms with Crippen molar-refractivity contribution in [3.05, 3.63) is 33.9 Å². The lowest BCUT2D eigenvalue weighted by Gasteiger charge is -2.11. The maximum Gasteiger partial charge on any atom is 0.335 e. The number of nitrogens with zero attached hydrogens (tertiary/aromatic N) is 2. The van der Waals surface area contributed by atoms with Crippen LogP contribution in [0, 0.1) is 10.1 Å². The molecule has 8 heteroatoms. The quantitative estimate of drug-likeness (QED) is 0.455. The molecule has 7 nitrogen and oxygen atoms in total. The molecule has 0 amide bonds. The molecule has 1 rings (SSSR count). The summed E-state index contributed by atoms with van der Waals surface area (Å²) in [7, 11) is 3.90. The topological polar surface area (TPSA) is 95.7 Å². The van der Waals surface area contributed by atoms with Crippen LogP contribution in [0.4, 0.5) is 11.4 Å². The molecular weight excluding hydrogens is 286 g/mol. The van der Waals surface area contributed by atoms with Crippen molar-refractivity contribution in [2.75, 3.05) is 32.5 Å². The largest absolute Gasteiger partial charge is 0.478 e. The lowest BCUT2D eigenvalue weighted by molar-refractivity contribution is -0.384. The number of carboxylic acid groups (broad SMARTS) is 1. The van der Waals surface area contributed by atoms with Gasteiger partial charge in [0.2, 0.25) is 0 Å². The predicted octanol–water partition coefficient (Wildman–Crippen LogP) is 2.08. The Hall–Kier alpha value is -1.86. The van der Waals surface area contributed by atoms with Gasteiger partial charge in [-0.25, -0.2) is 4.79 Å². The van der Waals surface area contributed by atoms with E-state index in [9.17, 15) is 14.9 Å². The number of carbonyl (C=O) groups is 1. The van der Waals surface area contributed by atoms with Gasteiger partial charge < -0.3 is 15.3 Å². The summed E-state index contributed by atoms with van der Waals surface area (Å²) in [5.41, 5.74) is 0.0315. The van der Waals surface area contributed by atoms with Crippen LogP contribution in [0.25, 0.3) is 0 Å². The Kier molecular flexibility index (Phi) is 7.56. The Bertz CT molecular complexity index is 480. The number of rotatable bonds is 7. The van der Waals surface area contributed by atoms with Crippen molar-refractivity contribution in [3.8, 4) is 0 Å². The van der Waals surface area contributed by atoms with Crippen LogP contribution in [0.2, 0.25) is 0 Å². The molecule has 0 heterocycles. The molecule has 0 unspecified atom stereocenters. The minimum Gasteiger partial charge on any atom is -0.478 e. The first-order valence-electron chi connectivity index (χ1n) is 5.82. The number of carboxylic acids is 1. The van der Waals surface area contributed by atoms with Crippen molar-refractivity contribution >= 4 is 29.8 Å². The minimum atomic E-state index is -1.18. The summed E-state index contributed by atoms with van der Waals surface area (Å²) in [5.74, 6) is -1.18. The van der Waals surface area contributed by atoms with E-state index in [2.05, 4.69) is 5.32 Å². The number of nitrogens with one attached hydrogen (secondary N) is 1. The molecule has 1 aromatic carbocycles. The summed E-state index contributed by atoms with van der Waals surface area (Å²) in [6.07, 6.45) is 0.838. The van der Waals surface area contributed by atoms with E-state index in [1.165, 1.54) is 12.1 Å². The van der Waals surface area contributed by atoms with Crippen LogP contribution in [0.1, 0.15) is 16.8 Å². The van der Waals surface area contributed by atoms with Crippen molar-refractivity contribution < 1.29 is 14.8 Å². The molecule has 0 aliphatic heterocycles. The average molecular weight is 304 g/mol. The number of nitro benzene ring substituents is 1. The maximum atomic E-state index is 10.9. The number of benzene rings is 1. The zero-order valence-corrected chi connectivity index (χ0v) is 12.1. The van der Waals surface area contributed by atoms with Gasteiger partial charge in [-0.3, -0.25) is 10.1 Å². The first-order chi connectivity index (χ1) is 8.91. The molecule has 0 saturated carbocycles. The highest BCUT2D eigenvalue weighted by atomic mass is 35.5. The third kappa shape index (κ3) is 5.41. The molecule has 1 aromatic rings. The highest BCUT2D eigenvalue weighted by Gasteiger charge is 2.16. The summed E-state index contributed by atoms with van der Waals surface area (Å²) < 4.78 is 0. The number of hydrogen-bond donors (Lipinski definition) is 2. The lowest BCUT2D eigenvalue weighted by atomic mass is 10.1.